The van der Waals surface area contributed by atoms with E-state index in [1.807, 2.05) is 6.07 Å². The second kappa shape index (κ2) is 8.08. The lowest BCUT2D eigenvalue weighted by Gasteiger charge is -2.31. The maximum Gasteiger partial charge on any atom is 0.251 e. The normalized spacial score (nSPS) is 24.0. The highest BCUT2D eigenvalue weighted by atomic mass is 16.5. The first-order valence-corrected chi connectivity index (χ1v) is 7.84. The van der Waals surface area contributed by atoms with Gasteiger partial charge in [-0.15, -0.1) is 0 Å². The summed E-state index contributed by atoms with van der Waals surface area (Å²) in [6, 6.07) is 7.16. The van der Waals surface area contributed by atoms with Crippen LogP contribution in [0.25, 0.3) is 0 Å². The number of benzene rings is 1. The molecular formula is C17H24N2O4. The molecule has 1 aromatic carbocycles. The van der Waals surface area contributed by atoms with Crippen molar-refractivity contribution in [3.8, 4) is 0 Å². The molecule has 6 nitrogen and oxygen atoms in total. The highest BCUT2D eigenvalue weighted by molar-refractivity contribution is 5.94. The number of carbonyl (C=O) groups excluding carboxylic acids is 2. The van der Waals surface area contributed by atoms with Crippen molar-refractivity contribution in [2.24, 2.45) is 5.92 Å². The first kappa shape index (κ1) is 17.4. The minimum Gasteiger partial charge on any atom is -0.390 e. The Balaban J connectivity index is 1.90. The molecule has 126 valence electrons. The van der Waals surface area contributed by atoms with E-state index in [4.69, 9.17) is 4.74 Å². The van der Waals surface area contributed by atoms with E-state index in [0.717, 1.165) is 5.56 Å². The van der Waals surface area contributed by atoms with Crippen LogP contribution in [0, 0.1) is 5.92 Å². The lowest BCUT2D eigenvalue weighted by atomic mass is 9.84. The zero-order chi connectivity index (χ0) is 16.8. The number of hydrogen-bond acceptors (Lipinski definition) is 4. The lowest BCUT2D eigenvalue weighted by molar-refractivity contribution is -0.130. The van der Waals surface area contributed by atoms with E-state index in [2.05, 4.69) is 10.6 Å². The van der Waals surface area contributed by atoms with Gasteiger partial charge in [-0.25, -0.2) is 0 Å². The molecule has 1 aromatic rings. The van der Waals surface area contributed by atoms with E-state index < -0.39 is 6.10 Å². The van der Waals surface area contributed by atoms with E-state index >= 15 is 0 Å². The van der Waals surface area contributed by atoms with Gasteiger partial charge in [-0.2, -0.15) is 0 Å². The van der Waals surface area contributed by atoms with Crippen molar-refractivity contribution in [1.29, 1.82) is 0 Å². The molecule has 0 radical (unpaired) electrons. The SMILES string of the molecule is CNC(=O)c1cccc(CNC(=O)[C@@H]2CC[C@H](O)[C@H](OC)C2)c1. The molecule has 0 spiro atoms. The molecule has 0 saturated heterocycles. The van der Waals surface area contributed by atoms with E-state index in [9.17, 15) is 14.7 Å². The Morgan fingerprint density at radius 1 is 1.35 bits per heavy atom. The third-order valence-corrected chi connectivity index (χ3v) is 4.31. The van der Waals surface area contributed by atoms with Crippen LogP contribution in [0.2, 0.25) is 0 Å². The van der Waals surface area contributed by atoms with E-state index in [1.54, 1.807) is 32.4 Å². The Hall–Kier alpha value is -1.92. The van der Waals surface area contributed by atoms with Gasteiger partial charge < -0.3 is 20.5 Å². The van der Waals surface area contributed by atoms with Crippen LogP contribution in [-0.2, 0) is 16.1 Å². The molecular weight excluding hydrogens is 296 g/mol. The quantitative estimate of drug-likeness (QED) is 0.750. The van der Waals surface area contributed by atoms with Crippen LogP contribution in [0.3, 0.4) is 0 Å². The Labute approximate surface area is 136 Å². The largest absolute Gasteiger partial charge is 0.390 e. The maximum atomic E-state index is 12.3. The number of amides is 2. The Bertz CT molecular complexity index is 561. The van der Waals surface area contributed by atoms with Gasteiger partial charge >= 0.3 is 0 Å². The van der Waals surface area contributed by atoms with Gasteiger partial charge in [0.1, 0.15) is 0 Å². The number of rotatable bonds is 5. The third kappa shape index (κ3) is 4.53. The molecule has 3 N–H and O–H groups in total. The first-order valence-electron chi connectivity index (χ1n) is 7.84. The summed E-state index contributed by atoms with van der Waals surface area (Å²) < 4.78 is 5.23. The van der Waals surface area contributed by atoms with Gasteiger partial charge in [0.2, 0.25) is 5.91 Å². The van der Waals surface area contributed by atoms with E-state index in [1.165, 1.54) is 0 Å². The number of aliphatic hydroxyl groups is 1. The molecule has 1 saturated carbocycles. The summed E-state index contributed by atoms with van der Waals surface area (Å²) in [5, 5.41) is 15.3. The molecule has 0 unspecified atom stereocenters. The number of ether oxygens (including phenoxy) is 1. The van der Waals surface area contributed by atoms with Crippen molar-refractivity contribution in [3.05, 3.63) is 35.4 Å². The average Bonchev–Trinajstić information content (AvgIpc) is 2.59. The van der Waals surface area contributed by atoms with Gasteiger partial charge in [0.15, 0.2) is 0 Å². The fourth-order valence-electron chi connectivity index (χ4n) is 2.91. The molecule has 0 bridgehead atoms. The second-order valence-electron chi connectivity index (χ2n) is 5.85. The van der Waals surface area contributed by atoms with E-state index in [-0.39, 0.29) is 23.8 Å². The van der Waals surface area contributed by atoms with Crippen LogP contribution in [0.15, 0.2) is 24.3 Å². The summed E-state index contributed by atoms with van der Waals surface area (Å²) in [4.78, 5) is 23.9. The minimum atomic E-state index is -0.492. The number of hydrogen-bond donors (Lipinski definition) is 3. The Morgan fingerprint density at radius 2 is 2.13 bits per heavy atom. The molecule has 2 amide bonds. The molecule has 1 fully saturated rings. The van der Waals surface area contributed by atoms with Crippen molar-refractivity contribution in [3.63, 3.8) is 0 Å². The molecule has 0 heterocycles. The summed E-state index contributed by atoms with van der Waals surface area (Å²) in [5.41, 5.74) is 1.44. The fourth-order valence-corrected chi connectivity index (χ4v) is 2.91. The van der Waals surface area contributed by atoms with Gasteiger partial charge in [0.05, 0.1) is 12.2 Å². The standard InChI is InChI=1S/C17H24N2O4/c1-18-16(21)12-5-3-4-11(8-12)10-19-17(22)13-6-7-14(20)15(9-13)23-2/h3-5,8,13-15,20H,6-7,9-10H2,1-2H3,(H,18,21)(H,19,22)/t13-,14+,15-/m1/s1. The summed E-state index contributed by atoms with van der Waals surface area (Å²) in [5.74, 6) is -0.336. The van der Waals surface area contributed by atoms with Gasteiger partial charge in [-0.3, -0.25) is 9.59 Å². The molecule has 1 aliphatic rings. The van der Waals surface area contributed by atoms with Crippen LogP contribution in [0.4, 0.5) is 0 Å². The summed E-state index contributed by atoms with van der Waals surface area (Å²) in [7, 11) is 3.14. The number of methoxy groups -OCH3 is 1. The topological polar surface area (TPSA) is 87.7 Å². The van der Waals surface area contributed by atoms with Crippen LogP contribution < -0.4 is 10.6 Å². The maximum absolute atomic E-state index is 12.3. The van der Waals surface area contributed by atoms with Crippen LogP contribution in [0.1, 0.15) is 35.2 Å². The molecule has 6 heteroatoms. The molecule has 1 aliphatic carbocycles. The third-order valence-electron chi connectivity index (χ3n) is 4.31. The van der Waals surface area contributed by atoms with Gasteiger partial charge in [-0.05, 0) is 37.0 Å². The number of nitrogens with one attached hydrogen (secondary N) is 2. The number of aliphatic hydroxyl groups excluding tert-OH is 1. The van der Waals surface area contributed by atoms with Crippen molar-refractivity contribution in [2.75, 3.05) is 14.2 Å². The Morgan fingerprint density at radius 3 is 2.83 bits per heavy atom. The average molecular weight is 320 g/mol. The van der Waals surface area contributed by atoms with Gasteiger partial charge in [0, 0.05) is 32.2 Å². The fraction of sp³-hybridized carbons (Fsp3) is 0.529. The summed E-state index contributed by atoms with van der Waals surface area (Å²) in [6.45, 7) is 0.375. The molecule has 0 aliphatic heterocycles. The van der Waals surface area contributed by atoms with Crippen molar-refractivity contribution >= 4 is 11.8 Å². The summed E-state index contributed by atoms with van der Waals surface area (Å²) >= 11 is 0. The Kier molecular flexibility index (Phi) is 6.12. The molecule has 23 heavy (non-hydrogen) atoms. The lowest BCUT2D eigenvalue weighted by Crippen LogP contribution is -2.41. The number of carbonyl (C=O) groups is 2. The van der Waals surface area contributed by atoms with Gasteiger partial charge in [-0.1, -0.05) is 12.1 Å². The van der Waals surface area contributed by atoms with E-state index in [0.29, 0.717) is 31.4 Å². The van der Waals surface area contributed by atoms with Crippen LogP contribution in [0.5, 0.6) is 0 Å². The second-order valence-corrected chi connectivity index (χ2v) is 5.85. The zero-order valence-corrected chi connectivity index (χ0v) is 13.5. The predicted molar refractivity (Wildman–Crippen MR) is 85.8 cm³/mol. The van der Waals surface area contributed by atoms with Crippen molar-refractivity contribution < 1.29 is 19.4 Å². The molecule has 0 aromatic heterocycles. The molecule has 2 rings (SSSR count). The van der Waals surface area contributed by atoms with Crippen molar-refractivity contribution in [2.45, 2.75) is 38.0 Å². The zero-order valence-electron chi connectivity index (χ0n) is 13.5. The highest BCUT2D eigenvalue weighted by Gasteiger charge is 2.32. The minimum absolute atomic E-state index is 0.0377. The monoisotopic (exact) mass is 320 g/mol. The predicted octanol–water partition coefficient (Wildman–Crippen LogP) is 0.838. The highest BCUT2D eigenvalue weighted by Crippen LogP contribution is 2.26. The first-order chi connectivity index (χ1) is 11.0. The van der Waals surface area contributed by atoms with Crippen LogP contribution in [-0.4, -0.2) is 43.3 Å². The van der Waals surface area contributed by atoms with Gasteiger partial charge in [0.25, 0.3) is 5.91 Å². The smallest absolute Gasteiger partial charge is 0.251 e. The van der Waals surface area contributed by atoms with Crippen LogP contribution >= 0.6 is 0 Å². The van der Waals surface area contributed by atoms with Crippen molar-refractivity contribution in [1.82, 2.24) is 10.6 Å². The molecule has 3 atom stereocenters. The summed E-state index contributed by atoms with van der Waals surface area (Å²) in [6.07, 6.45) is 0.986.